The third kappa shape index (κ3) is 1.51. The van der Waals surface area contributed by atoms with Crippen LogP contribution in [-0.2, 0) is 0 Å². The number of nitrogens with two attached hydrogens (primary N) is 1. The Balaban J connectivity index is 2.47. The Morgan fingerprint density at radius 2 is 2.21 bits per heavy atom. The molecule has 0 aliphatic rings. The van der Waals surface area contributed by atoms with Crippen molar-refractivity contribution in [2.45, 2.75) is 19.9 Å². The molecule has 1 aromatic carbocycles. The molecule has 0 bridgehead atoms. The van der Waals surface area contributed by atoms with Gasteiger partial charge in [0.05, 0.1) is 11.0 Å². The van der Waals surface area contributed by atoms with E-state index >= 15 is 0 Å². The maximum Gasteiger partial charge on any atom is 0.115 e. The van der Waals surface area contributed by atoms with Gasteiger partial charge < -0.3 is 11.2 Å². The van der Waals surface area contributed by atoms with Gasteiger partial charge in [-0.15, -0.1) is 0 Å². The first kappa shape index (κ1) is 8.87. The van der Waals surface area contributed by atoms with Gasteiger partial charge in [-0.1, -0.05) is 0 Å². The SMILES string of the molecule is CC(C)Nn1cnc2cc(N)ccc21. The molecule has 4 heteroatoms. The Morgan fingerprint density at radius 3 is 2.93 bits per heavy atom. The van der Waals surface area contributed by atoms with E-state index in [1.54, 1.807) is 6.33 Å². The van der Waals surface area contributed by atoms with Crippen molar-refractivity contribution >= 4 is 16.7 Å². The van der Waals surface area contributed by atoms with Gasteiger partial charge in [-0.25, -0.2) is 9.66 Å². The summed E-state index contributed by atoms with van der Waals surface area (Å²) in [4.78, 5) is 4.25. The van der Waals surface area contributed by atoms with Gasteiger partial charge in [0.1, 0.15) is 6.33 Å². The zero-order valence-electron chi connectivity index (χ0n) is 8.36. The molecule has 74 valence electrons. The Hall–Kier alpha value is -1.71. The fourth-order valence-corrected chi connectivity index (χ4v) is 1.41. The molecular weight excluding hydrogens is 176 g/mol. The van der Waals surface area contributed by atoms with Crippen LogP contribution in [0.4, 0.5) is 5.69 Å². The molecule has 0 radical (unpaired) electrons. The van der Waals surface area contributed by atoms with Crippen LogP contribution in [0.1, 0.15) is 13.8 Å². The van der Waals surface area contributed by atoms with Crippen LogP contribution in [-0.4, -0.2) is 15.7 Å². The topological polar surface area (TPSA) is 55.9 Å². The lowest BCUT2D eigenvalue weighted by Gasteiger charge is -2.11. The van der Waals surface area contributed by atoms with E-state index in [0.717, 1.165) is 16.7 Å². The number of nitrogens with one attached hydrogen (secondary N) is 1. The second-order valence-electron chi connectivity index (χ2n) is 3.65. The summed E-state index contributed by atoms with van der Waals surface area (Å²) in [5, 5.41) is 0. The summed E-state index contributed by atoms with van der Waals surface area (Å²) >= 11 is 0. The van der Waals surface area contributed by atoms with Crippen LogP contribution in [0.25, 0.3) is 11.0 Å². The van der Waals surface area contributed by atoms with E-state index in [0.29, 0.717) is 6.04 Å². The summed E-state index contributed by atoms with van der Waals surface area (Å²) in [6.45, 7) is 4.17. The van der Waals surface area contributed by atoms with E-state index in [9.17, 15) is 0 Å². The fourth-order valence-electron chi connectivity index (χ4n) is 1.41. The first-order chi connectivity index (χ1) is 6.66. The first-order valence-electron chi connectivity index (χ1n) is 4.66. The molecule has 0 amide bonds. The number of hydrogen-bond donors (Lipinski definition) is 2. The van der Waals surface area contributed by atoms with Crippen LogP contribution >= 0.6 is 0 Å². The predicted octanol–water partition coefficient (Wildman–Crippen LogP) is 1.57. The van der Waals surface area contributed by atoms with E-state index in [1.807, 2.05) is 22.9 Å². The molecule has 14 heavy (non-hydrogen) atoms. The summed E-state index contributed by atoms with van der Waals surface area (Å²) in [6, 6.07) is 6.09. The van der Waals surface area contributed by atoms with Gasteiger partial charge in [-0.2, -0.15) is 0 Å². The highest BCUT2D eigenvalue weighted by Gasteiger charge is 2.02. The largest absolute Gasteiger partial charge is 0.399 e. The van der Waals surface area contributed by atoms with Crippen LogP contribution < -0.4 is 11.2 Å². The zero-order chi connectivity index (χ0) is 10.1. The van der Waals surface area contributed by atoms with Gasteiger partial charge in [-0.05, 0) is 32.0 Å². The maximum atomic E-state index is 5.66. The van der Waals surface area contributed by atoms with Crippen molar-refractivity contribution in [1.82, 2.24) is 9.66 Å². The van der Waals surface area contributed by atoms with Crippen molar-refractivity contribution in [3.05, 3.63) is 24.5 Å². The zero-order valence-corrected chi connectivity index (χ0v) is 8.36. The fraction of sp³-hybridized carbons (Fsp3) is 0.300. The molecule has 1 aromatic heterocycles. The maximum absolute atomic E-state index is 5.66. The molecule has 0 aliphatic heterocycles. The van der Waals surface area contributed by atoms with Crippen LogP contribution in [0.15, 0.2) is 24.5 Å². The summed E-state index contributed by atoms with van der Waals surface area (Å²) < 4.78 is 1.92. The summed E-state index contributed by atoms with van der Waals surface area (Å²) in [5.74, 6) is 0. The average Bonchev–Trinajstić information content (AvgIpc) is 2.47. The third-order valence-corrected chi connectivity index (χ3v) is 1.97. The molecule has 3 N–H and O–H groups in total. The number of nitrogens with zero attached hydrogens (tertiary/aromatic N) is 2. The molecule has 0 aliphatic carbocycles. The third-order valence-electron chi connectivity index (χ3n) is 1.97. The van der Waals surface area contributed by atoms with Gasteiger partial charge >= 0.3 is 0 Å². The lowest BCUT2D eigenvalue weighted by atomic mass is 10.3. The molecule has 0 fully saturated rings. The minimum absolute atomic E-state index is 0.380. The van der Waals surface area contributed by atoms with Crippen molar-refractivity contribution in [1.29, 1.82) is 0 Å². The summed E-state index contributed by atoms with van der Waals surface area (Å²) in [7, 11) is 0. The molecule has 0 saturated carbocycles. The van der Waals surface area contributed by atoms with E-state index < -0.39 is 0 Å². The Bertz CT molecular complexity index is 444. The molecule has 1 heterocycles. The standard InChI is InChI=1S/C10H14N4/c1-7(2)13-14-6-12-9-5-8(11)3-4-10(9)14/h3-7,13H,11H2,1-2H3. The van der Waals surface area contributed by atoms with Crippen LogP contribution in [0.3, 0.4) is 0 Å². The average molecular weight is 190 g/mol. The van der Waals surface area contributed by atoms with Gasteiger partial charge in [0, 0.05) is 11.7 Å². The van der Waals surface area contributed by atoms with Crippen LogP contribution in [0, 0.1) is 0 Å². The smallest absolute Gasteiger partial charge is 0.115 e. The number of anilines is 1. The lowest BCUT2D eigenvalue weighted by molar-refractivity contribution is 0.750. The van der Waals surface area contributed by atoms with E-state index in [4.69, 9.17) is 5.73 Å². The quantitative estimate of drug-likeness (QED) is 0.707. The highest BCUT2D eigenvalue weighted by molar-refractivity contribution is 5.79. The summed E-state index contributed by atoms with van der Waals surface area (Å²) in [5.41, 5.74) is 11.6. The van der Waals surface area contributed by atoms with Gasteiger partial charge in [0.15, 0.2) is 0 Å². The second kappa shape index (κ2) is 3.21. The van der Waals surface area contributed by atoms with E-state index in [2.05, 4.69) is 24.3 Å². The number of imidazole rings is 1. The minimum atomic E-state index is 0.380. The number of fused-ring (bicyclic) bond motifs is 1. The second-order valence-corrected chi connectivity index (χ2v) is 3.65. The van der Waals surface area contributed by atoms with Crippen molar-refractivity contribution in [3.63, 3.8) is 0 Å². The number of nitrogen functional groups attached to an aromatic ring is 1. The Labute approximate surface area is 82.7 Å². The number of hydrogen-bond acceptors (Lipinski definition) is 3. The normalized spacial score (nSPS) is 11.1. The Kier molecular flexibility index (Phi) is 2.04. The highest BCUT2D eigenvalue weighted by Crippen LogP contribution is 2.14. The van der Waals surface area contributed by atoms with Crippen molar-refractivity contribution in [3.8, 4) is 0 Å². The Morgan fingerprint density at radius 1 is 1.43 bits per heavy atom. The van der Waals surface area contributed by atoms with Gasteiger partial charge in [0.2, 0.25) is 0 Å². The summed E-state index contributed by atoms with van der Waals surface area (Å²) in [6.07, 6.45) is 1.77. The van der Waals surface area contributed by atoms with Gasteiger partial charge in [-0.3, -0.25) is 0 Å². The molecule has 0 atom stereocenters. The predicted molar refractivity (Wildman–Crippen MR) is 58.6 cm³/mol. The van der Waals surface area contributed by atoms with Crippen LogP contribution in [0.2, 0.25) is 0 Å². The number of benzene rings is 1. The molecule has 0 saturated heterocycles. The van der Waals surface area contributed by atoms with Crippen molar-refractivity contribution in [2.24, 2.45) is 0 Å². The number of rotatable bonds is 2. The molecule has 2 rings (SSSR count). The van der Waals surface area contributed by atoms with Crippen molar-refractivity contribution in [2.75, 3.05) is 11.2 Å². The lowest BCUT2D eigenvalue weighted by Crippen LogP contribution is -2.21. The highest BCUT2D eigenvalue weighted by atomic mass is 15.4. The van der Waals surface area contributed by atoms with Crippen molar-refractivity contribution < 1.29 is 0 Å². The van der Waals surface area contributed by atoms with Gasteiger partial charge in [0.25, 0.3) is 0 Å². The molecule has 0 unspecified atom stereocenters. The first-order valence-corrected chi connectivity index (χ1v) is 4.66. The monoisotopic (exact) mass is 190 g/mol. The van der Waals surface area contributed by atoms with E-state index in [-0.39, 0.29) is 0 Å². The molecule has 2 aromatic rings. The number of aromatic nitrogens is 2. The molecule has 4 nitrogen and oxygen atoms in total. The molecular formula is C10H14N4. The minimum Gasteiger partial charge on any atom is -0.399 e. The van der Waals surface area contributed by atoms with Crippen LogP contribution in [0.5, 0.6) is 0 Å². The van der Waals surface area contributed by atoms with E-state index in [1.165, 1.54) is 0 Å². The molecule has 0 spiro atoms.